The van der Waals surface area contributed by atoms with Gasteiger partial charge < -0.3 is 13.6 Å². The Bertz CT molecular complexity index is 580. The van der Waals surface area contributed by atoms with Crippen molar-refractivity contribution in [1.29, 1.82) is 0 Å². The molecule has 0 aromatic heterocycles. The fourth-order valence-corrected chi connectivity index (χ4v) is 3.93. The molecular formula is C16H19FO3Si. The third-order valence-electron chi connectivity index (χ3n) is 3.09. The van der Waals surface area contributed by atoms with Gasteiger partial charge in [-0.2, -0.15) is 0 Å². The van der Waals surface area contributed by atoms with Gasteiger partial charge >= 0.3 is 8.80 Å². The van der Waals surface area contributed by atoms with Crippen LogP contribution in [0.5, 0.6) is 0 Å². The molecule has 3 nitrogen and oxygen atoms in total. The molecule has 0 atom stereocenters. The molecule has 0 saturated carbocycles. The summed E-state index contributed by atoms with van der Waals surface area (Å²) in [7, 11) is -3.33. The van der Waals surface area contributed by atoms with E-state index in [2.05, 4.69) is 0 Å². The molecule has 0 aliphatic carbocycles. The van der Waals surface area contributed by atoms with Crippen molar-refractivity contribution in [2.75, 3.05) is 13.2 Å². The highest BCUT2D eigenvalue weighted by atomic mass is 28.4. The van der Waals surface area contributed by atoms with Gasteiger partial charge in [0.15, 0.2) is 0 Å². The van der Waals surface area contributed by atoms with Crippen molar-refractivity contribution >= 4 is 14.0 Å². The fourth-order valence-electron chi connectivity index (χ4n) is 2.14. The summed E-state index contributed by atoms with van der Waals surface area (Å²) in [5.74, 6) is -0.272. The molecule has 0 aliphatic rings. The SMILES string of the molecule is CCO[Si](O)(OCC)c1ccc(-c2cccc(F)c2)cc1. The summed E-state index contributed by atoms with van der Waals surface area (Å²) in [6.45, 7) is 4.40. The van der Waals surface area contributed by atoms with Gasteiger partial charge in [-0.05, 0) is 37.1 Å². The molecule has 21 heavy (non-hydrogen) atoms. The Morgan fingerprint density at radius 1 is 0.952 bits per heavy atom. The van der Waals surface area contributed by atoms with E-state index in [1.165, 1.54) is 12.1 Å². The van der Waals surface area contributed by atoms with Crippen molar-refractivity contribution in [2.45, 2.75) is 13.8 Å². The largest absolute Gasteiger partial charge is 0.534 e. The Balaban J connectivity index is 2.29. The van der Waals surface area contributed by atoms with E-state index in [4.69, 9.17) is 8.85 Å². The average Bonchev–Trinajstić information content (AvgIpc) is 2.48. The molecular weight excluding hydrogens is 287 g/mol. The van der Waals surface area contributed by atoms with E-state index < -0.39 is 8.80 Å². The normalized spacial score (nSPS) is 11.6. The Hall–Kier alpha value is -1.53. The van der Waals surface area contributed by atoms with Crippen molar-refractivity contribution < 1.29 is 18.0 Å². The van der Waals surface area contributed by atoms with Crippen LogP contribution in [0.4, 0.5) is 4.39 Å². The molecule has 0 heterocycles. The summed E-state index contributed by atoms with van der Waals surface area (Å²) in [5, 5.41) is 0.645. The van der Waals surface area contributed by atoms with E-state index in [9.17, 15) is 9.19 Å². The molecule has 0 spiro atoms. The molecule has 0 fully saturated rings. The maximum absolute atomic E-state index is 13.2. The van der Waals surface area contributed by atoms with Crippen LogP contribution in [0, 0.1) is 5.82 Å². The lowest BCUT2D eigenvalue weighted by atomic mass is 10.1. The third-order valence-corrected chi connectivity index (χ3v) is 5.51. The molecule has 0 radical (unpaired) electrons. The van der Waals surface area contributed by atoms with Gasteiger partial charge in [0.1, 0.15) is 5.82 Å². The average molecular weight is 306 g/mol. The summed E-state index contributed by atoms with van der Waals surface area (Å²) in [6, 6.07) is 13.6. The van der Waals surface area contributed by atoms with Gasteiger partial charge in [0.05, 0.1) is 0 Å². The Morgan fingerprint density at radius 3 is 2.10 bits per heavy atom. The second-order valence-electron chi connectivity index (χ2n) is 4.54. The molecule has 112 valence electrons. The lowest BCUT2D eigenvalue weighted by Gasteiger charge is -2.23. The van der Waals surface area contributed by atoms with E-state index in [1.807, 2.05) is 32.0 Å². The first-order valence-electron chi connectivity index (χ1n) is 6.96. The van der Waals surface area contributed by atoms with E-state index in [0.717, 1.165) is 11.1 Å². The number of rotatable bonds is 6. The van der Waals surface area contributed by atoms with Crippen molar-refractivity contribution in [3.63, 3.8) is 0 Å². The topological polar surface area (TPSA) is 38.7 Å². The zero-order valence-corrected chi connectivity index (χ0v) is 13.2. The predicted molar refractivity (Wildman–Crippen MR) is 82.7 cm³/mol. The number of hydrogen-bond acceptors (Lipinski definition) is 3. The van der Waals surface area contributed by atoms with E-state index in [1.54, 1.807) is 18.2 Å². The number of benzene rings is 2. The minimum absolute atomic E-state index is 0.272. The highest BCUT2D eigenvalue weighted by molar-refractivity contribution is 6.74. The van der Waals surface area contributed by atoms with Crippen LogP contribution >= 0.6 is 0 Å². The summed E-state index contributed by atoms with van der Waals surface area (Å²) in [5.41, 5.74) is 1.67. The maximum Gasteiger partial charge on any atom is 0.534 e. The van der Waals surface area contributed by atoms with E-state index in [-0.39, 0.29) is 5.82 Å². The number of hydrogen-bond donors (Lipinski definition) is 1. The van der Waals surface area contributed by atoms with Crippen molar-refractivity contribution in [2.24, 2.45) is 0 Å². The first-order valence-corrected chi connectivity index (χ1v) is 8.72. The molecule has 2 aromatic carbocycles. The van der Waals surface area contributed by atoms with Crippen molar-refractivity contribution in [3.05, 3.63) is 54.3 Å². The van der Waals surface area contributed by atoms with Crippen LogP contribution in [0.25, 0.3) is 11.1 Å². The summed E-state index contributed by atoms with van der Waals surface area (Å²) in [4.78, 5) is 10.5. The van der Waals surface area contributed by atoms with Gasteiger partial charge in [-0.15, -0.1) is 0 Å². The summed E-state index contributed by atoms with van der Waals surface area (Å²) < 4.78 is 24.1. The second kappa shape index (κ2) is 6.95. The van der Waals surface area contributed by atoms with Crippen LogP contribution in [0.3, 0.4) is 0 Å². The lowest BCUT2D eigenvalue weighted by molar-refractivity contribution is 0.124. The molecule has 0 unspecified atom stereocenters. The van der Waals surface area contributed by atoms with Gasteiger partial charge in [0.2, 0.25) is 0 Å². The molecule has 2 aromatic rings. The zero-order chi connectivity index (χ0) is 15.3. The van der Waals surface area contributed by atoms with Crippen LogP contribution in [-0.2, 0) is 8.85 Å². The van der Waals surface area contributed by atoms with Crippen LogP contribution in [0.1, 0.15) is 13.8 Å². The molecule has 1 N–H and O–H groups in total. The molecule has 0 saturated heterocycles. The highest BCUT2D eigenvalue weighted by Crippen LogP contribution is 2.19. The summed E-state index contributed by atoms with van der Waals surface area (Å²) in [6.07, 6.45) is 0. The van der Waals surface area contributed by atoms with E-state index >= 15 is 0 Å². The number of halogens is 1. The lowest BCUT2D eigenvalue weighted by Crippen LogP contribution is -2.54. The van der Waals surface area contributed by atoms with Gasteiger partial charge in [0, 0.05) is 18.4 Å². The van der Waals surface area contributed by atoms with Gasteiger partial charge in [-0.25, -0.2) is 4.39 Å². The molecule has 0 amide bonds. The zero-order valence-electron chi connectivity index (χ0n) is 12.2. The van der Waals surface area contributed by atoms with Crippen LogP contribution in [0.15, 0.2) is 48.5 Å². The first kappa shape index (κ1) is 15.8. The fraction of sp³-hybridized carbons (Fsp3) is 0.250. The molecule has 0 bridgehead atoms. The smallest absolute Gasteiger partial charge is 0.386 e. The van der Waals surface area contributed by atoms with Crippen LogP contribution in [-0.4, -0.2) is 26.8 Å². The standard InChI is InChI=1S/C16H19FO3Si/c1-3-19-21(18,20-4-2)16-10-8-13(9-11-16)14-6-5-7-15(17)12-14/h5-12,18H,3-4H2,1-2H3. The van der Waals surface area contributed by atoms with E-state index in [0.29, 0.717) is 18.4 Å². The monoisotopic (exact) mass is 306 g/mol. The maximum atomic E-state index is 13.2. The van der Waals surface area contributed by atoms with Gasteiger partial charge in [-0.1, -0.05) is 36.4 Å². The minimum Gasteiger partial charge on any atom is -0.386 e. The quantitative estimate of drug-likeness (QED) is 0.834. The highest BCUT2D eigenvalue weighted by Gasteiger charge is 2.38. The van der Waals surface area contributed by atoms with Crippen molar-refractivity contribution in [3.8, 4) is 11.1 Å². The third kappa shape index (κ3) is 3.77. The molecule has 5 heteroatoms. The minimum atomic E-state index is -3.33. The molecule has 2 rings (SSSR count). The van der Waals surface area contributed by atoms with Gasteiger partial charge in [0.25, 0.3) is 0 Å². The Labute approximate surface area is 125 Å². The Morgan fingerprint density at radius 2 is 1.57 bits per heavy atom. The first-order chi connectivity index (χ1) is 10.1. The van der Waals surface area contributed by atoms with Crippen LogP contribution < -0.4 is 5.19 Å². The Kier molecular flexibility index (Phi) is 5.25. The van der Waals surface area contributed by atoms with Crippen LogP contribution in [0.2, 0.25) is 0 Å². The van der Waals surface area contributed by atoms with Gasteiger partial charge in [-0.3, -0.25) is 0 Å². The second-order valence-corrected chi connectivity index (χ2v) is 6.85. The predicted octanol–water partition coefficient (Wildman–Crippen LogP) is 2.70. The summed E-state index contributed by atoms with van der Waals surface area (Å²) >= 11 is 0. The molecule has 0 aliphatic heterocycles. The van der Waals surface area contributed by atoms with Crippen molar-refractivity contribution in [1.82, 2.24) is 0 Å².